The summed E-state index contributed by atoms with van der Waals surface area (Å²) in [6, 6.07) is 24.7. The Morgan fingerprint density at radius 1 is 0.864 bits per heavy atom. The zero-order chi connectivity index (χ0) is 14.2. The number of hydrogen-bond donors (Lipinski definition) is 1. The maximum atomic E-state index is 3.65. The van der Waals surface area contributed by atoms with E-state index >= 15 is 0 Å². The van der Waals surface area contributed by atoms with Crippen LogP contribution in [0.5, 0.6) is 0 Å². The molecule has 0 saturated carbocycles. The summed E-state index contributed by atoms with van der Waals surface area (Å²) < 4.78 is 0. The average Bonchev–Trinajstić information content (AvgIpc) is 2.54. The van der Waals surface area contributed by atoms with E-state index < -0.39 is 0 Å². The van der Waals surface area contributed by atoms with Crippen LogP contribution in [0.3, 0.4) is 0 Å². The van der Waals surface area contributed by atoms with Crippen molar-refractivity contribution < 1.29 is 0 Å². The lowest BCUT2D eigenvalue weighted by atomic mass is 9.80. The number of rotatable bonds is 1. The van der Waals surface area contributed by atoms with Crippen molar-refractivity contribution in [2.75, 3.05) is 0 Å². The number of benzene rings is 3. The van der Waals surface area contributed by atoms with Gasteiger partial charge in [0.05, 0.1) is 0 Å². The second kappa shape index (κ2) is 6.12. The topological polar surface area (TPSA) is 12.0 Å². The third-order valence-electron chi connectivity index (χ3n) is 4.62. The highest BCUT2D eigenvalue weighted by Gasteiger charge is 2.27. The minimum absolute atomic E-state index is 0. The fourth-order valence-electron chi connectivity index (χ4n) is 3.53. The SMILES string of the molecule is CC1NCc2cc3ccccc3cc2C1c1ccccc1.Cl. The fraction of sp³-hybridized carbons (Fsp3) is 0.200. The fourth-order valence-corrected chi connectivity index (χ4v) is 3.53. The number of nitrogens with one attached hydrogen (secondary N) is 1. The van der Waals surface area contributed by atoms with Crippen LogP contribution in [0.2, 0.25) is 0 Å². The van der Waals surface area contributed by atoms with Crippen molar-refractivity contribution in [3.8, 4) is 0 Å². The molecule has 0 spiro atoms. The molecule has 1 nitrogen and oxygen atoms in total. The van der Waals surface area contributed by atoms with Crippen LogP contribution in [0.4, 0.5) is 0 Å². The van der Waals surface area contributed by atoms with Crippen molar-refractivity contribution in [1.29, 1.82) is 0 Å². The van der Waals surface area contributed by atoms with E-state index in [9.17, 15) is 0 Å². The van der Waals surface area contributed by atoms with Gasteiger partial charge in [0.1, 0.15) is 0 Å². The second-order valence-corrected chi connectivity index (χ2v) is 5.96. The maximum Gasteiger partial charge on any atom is 0.0244 e. The first kappa shape index (κ1) is 15.1. The van der Waals surface area contributed by atoms with E-state index in [0.717, 1.165) is 6.54 Å². The summed E-state index contributed by atoms with van der Waals surface area (Å²) in [5.41, 5.74) is 4.31. The van der Waals surface area contributed by atoms with E-state index in [-0.39, 0.29) is 12.4 Å². The van der Waals surface area contributed by atoms with Crippen molar-refractivity contribution in [2.24, 2.45) is 0 Å². The summed E-state index contributed by atoms with van der Waals surface area (Å²) in [6.07, 6.45) is 0. The van der Waals surface area contributed by atoms with Gasteiger partial charge in [-0.1, -0.05) is 60.7 Å². The number of fused-ring (bicyclic) bond motifs is 2. The van der Waals surface area contributed by atoms with Crippen molar-refractivity contribution in [1.82, 2.24) is 5.32 Å². The van der Waals surface area contributed by atoms with E-state index in [1.807, 2.05) is 0 Å². The molecular formula is C20H20ClN. The summed E-state index contributed by atoms with van der Waals surface area (Å²) in [5, 5.41) is 6.32. The number of halogens is 1. The molecule has 0 aliphatic carbocycles. The minimum Gasteiger partial charge on any atom is -0.309 e. The Bertz CT molecular complexity index is 782. The van der Waals surface area contributed by atoms with E-state index in [1.54, 1.807) is 0 Å². The highest BCUT2D eigenvalue weighted by atomic mass is 35.5. The lowest BCUT2D eigenvalue weighted by Crippen LogP contribution is -2.37. The lowest BCUT2D eigenvalue weighted by molar-refractivity contribution is 0.467. The monoisotopic (exact) mass is 309 g/mol. The molecule has 0 saturated heterocycles. The Kier molecular flexibility index (Phi) is 4.19. The highest BCUT2D eigenvalue weighted by molar-refractivity contribution is 5.85. The first-order valence-electron chi connectivity index (χ1n) is 7.63. The molecule has 112 valence electrons. The van der Waals surface area contributed by atoms with Gasteiger partial charge in [0, 0.05) is 18.5 Å². The molecule has 4 rings (SSSR count). The third kappa shape index (κ3) is 2.51. The Hall–Kier alpha value is -1.83. The van der Waals surface area contributed by atoms with E-state index in [0.29, 0.717) is 12.0 Å². The first-order valence-corrected chi connectivity index (χ1v) is 7.63. The van der Waals surface area contributed by atoms with Crippen molar-refractivity contribution >= 4 is 23.2 Å². The van der Waals surface area contributed by atoms with Crippen LogP contribution in [-0.4, -0.2) is 6.04 Å². The van der Waals surface area contributed by atoms with E-state index in [1.165, 1.54) is 27.5 Å². The van der Waals surface area contributed by atoms with Gasteiger partial charge < -0.3 is 5.32 Å². The Labute approximate surface area is 137 Å². The third-order valence-corrected chi connectivity index (χ3v) is 4.62. The Balaban J connectivity index is 0.00000144. The van der Waals surface area contributed by atoms with Gasteiger partial charge in [-0.05, 0) is 40.5 Å². The molecule has 2 atom stereocenters. The van der Waals surface area contributed by atoms with Gasteiger partial charge in [-0.2, -0.15) is 0 Å². The number of hydrogen-bond acceptors (Lipinski definition) is 1. The Morgan fingerprint density at radius 3 is 2.23 bits per heavy atom. The standard InChI is InChI=1S/C20H19N.ClH/c1-14-20(15-7-3-2-4-8-15)19-12-17-10-6-5-9-16(17)11-18(19)13-21-14;/h2-12,14,20-21H,13H2,1H3;1H. The summed E-state index contributed by atoms with van der Waals surface area (Å²) in [6.45, 7) is 3.25. The molecule has 22 heavy (non-hydrogen) atoms. The molecular weight excluding hydrogens is 290 g/mol. The van der Waals surface area contributed by atoms with Crippen LogP contribution in [-0.2, 0) is 6.54 Å². The van der Waals surface area contributed by atoms with Crippen molar-refractivity contribution in [3.05, 3.63) is 83.4 Å². The van der Waals surface area contributed by atoms with Crippen LogP contribution < -0.4 is 5.32 Å². The molecule has 0 bridgehead atoms. The average molecular weight is 310 g/mol. The molecule has 3 aromatic carbocycles. The lowest BCUT2D eigenvalue weighted by Gasteiger charge is -2.33. The molecule has 1 aliphatic heterocycles. The maximum absolute atomic E-state index is 3.65. The largest absolute Gasteiger partial charge is 0.309 e. The molecule has 0 aromatic heterocycles. The highest BCUT2D eigenvalue weighted by Crippen LogP contribution is 2.36. The van der Waals surface area contributed by atoms with Crippen molar-refractivity contribution in [3.63, 3.8) is 0 Å². The molecule has 0 radical (unpaired) electrons. The van der Waals surface area contributed by atoms with Gasteiger partial charge in [0.2, 0.25) is 0 Å². The van der Waals surface area contributed by atoms with Crippen molar-refractivity contribution in [2.45, 2.75) is 25.4 Å². The van der Waals surface area contributed by atoms with Gasteiger partial charge in [-0.15, -0.1) is 12.4 Å². The normalized spacial score (nSPS) is 20.2. The summed E-state index contributed by atoms with van der Waals surface area (Å²) in [5.74, 6) is 0.430. The Morgan fingerprint density at radius 2 is 1.50 bits per heavy atom. The zero-order valence-electron chi connectivity index (χ0n) is 12.6. The van der Waals surface area contributed by atoms with Gasteiger partial charge in [-0.25, -0.2) is 0 Å². The molecule has 0 fully saturated rings. The minimum atomic E-state index is 0. The van der Waals surface area contributed by atoms with Gasteiger partial charge in [-0.3, -0.25) is 0 Å². The van der Waals surface area contributed by atoms with Gasteiger partial charge >= 0.3 is 0 Å². The molecule has 1 N–H and O–H groups in total. The van der Waals surface area contributed by atoms with Crippen LogP contribution >= 0.6 is 12.4 Å². The van der Waals surface area contributed by atoms with Gasteiger partial charge in [0.25, 0.3) is 0 Å². The predicted molar refractivity (Wildman–Crippen MR) is 95.8 cm³/mol. The zero-order valence-corrected chi connectivity index (χ0v) is 13.4. The molecule has 1 heterocycles. The van der Waals surface area contributed by atoms with Crippen LogP contribution in [0, 0.1) is 0 Å². The molecule has 1 aliphatic rings. The second-order valence-electron chi connectivity index (χ2n) is 5.96. The van der Waals surface area contributed by atoms with Gasteiger partial charge in [0.15, 0.2) is 0 Å². The smallest absolute Gasteiger partial charge is 0.0244 e. The first-order chi connectivity index (χ1) is 10.3. The predicted octanol–water partition coefficient (Wildman–Crippen LogP) is 4.89. The quantitative estimate of drug-likeness (QED) is 0.675. The summed E-state index contributed by atoms with van der Waals surface area (Å²) in [7, 11) is 0. The summed E-state index contributed by atoms with van der Waals surface area (Å²) >= 11 is 0. The molecule has 3 aromatic rings. The van der Waals surface area contributed by atoms with E-state index in [4.69, 9.17) is 0 Å². The molecule has 0 amide bonds. The van der Waals surface area contributed by atoms with E-state index in [2.05, 4.69) is 79.0 Å². The van der Waals surface area contributed by atoms with Crippen LogP contribution in [0.15, 0.2) is 66.7 Å². The van der Waals surface area contributed by atoms with Crippen LogP contribution in [0.25, 0.3) is 10.8 Å². The molecule has 2 heteroatoms. The van der Waals surface area contributed by atoms with Crippen LogP contribution in [0.1, 0.15) is 29.5 Å². The summed E-state index contributed by atoms with van der Waals surface area (Å²) in [4.78, 5) is 0. The molecule has 2 unspecified atom stereocenters.